The molecule has 0 bridgehead atoms. The number of nitrogens with two attached hydrogens (primary N) is 1. The number of pyridine rings is 1. The summed E-state index contributed by atoms with van der Waals surface area (Å²) in [7, 11) is 0. The Morgan fingerprint density at radius 2 is 2.09 bits per heavy atom. The molecule has 0 spiro atoms. The molecule has 6 heteroatoms. The maximum absolute atomic E-state index is 12.8. The Morgan fingerprint density at radius 1 is 1.26 bits per heavy atom. The summed E-state index contributed by atoms with van der Waals surface area (Å²) in [4.78, 5) is 6.59. The Kier molecular flexibility index (Phi) is 5.05. The molecular formula is C17H20FN3O2. The van der Waals surface area contributed by atoms with Gasteiger partial charge in [-0.3, -0.25) is 4.90 Å². The van der Waals surface area contributed by atoms with E-state index in [1.165, 1.54) is 12.1 Å². The summed E-state index contributed by atoms with van der Waals surface area (Å²) < 4.78 is 24.3. The maximum atomic E-state index is 12.8. The predicted molar refractivity (Wildman–Crippen MR) is 85.7 cm³/mol. The van der Waals surface area contributed by atoms with Crippen LogP contribution in [0.3, 0.4) is 0 Å². The first-order valence-corrected chi connectivity index (χ1v) is 7.65. The van der Waals surface area contributed by atoms with Crippen LogP contribution in [0.4, 0.5) is 10.2 Å². The topological polar surface area (TPSA) is 60.6 Å². The molecule has 0 radical (unpaired) electrons. The van der Waals surface area contributed by atoms with Gasteiger partial charge in [-0.2, -0.15) is 0 Å². The lowest BCUT2D eigenvalue weighted by Gasteiger charge is -2.32. The van der Waals surface area contributed by atoms with Crippen molar-refractivity contribution in [1.29, 1.82) is 0 Å². The Balaban J connectivity index is 1.49. The number of nitrogen functional groups attached to an aromatic ring is 1. The van der Waals surface area contributed by atoms with Crippen molar-refractivity contribution in [3.8, 4) is 5.75 Å². The fourth-order valence-corrected chi connectivity index (χ4v) is 2.56. The van der Waals surface area contributed by atoms with Crippen LogP contribution in [-0.4, -0.2) is 42.7 Å². The quantitative estimate of drug-likeness (QED) is 0.916. The minimum Gasteiger partial charge on any atom is -0.492 e. The van der Waals surface area contributed by atoms with E-state index in [2.05, 4.69) is 9.88 Å². The number of ether oxygens (including phenoxy) is 2. The van der Waals surface area contributed by atoms with Gasteiger partial charge in [-0.05, 0) is 36.4 Å². The van der Waals surface area contributed by atoms with Gasteiger partial charge in [-0.1, -0.05) is 6.07 Å². The first-order chi connectivity index (χ1) is 11.2. The van der Waals surface area contributed by atoms with E-state index in [0.29, 0.717) is 24.8 Å². The first-order valence-electron chi connectivity index (χ1n) is 7.65. The lowest BCUT2D eigenvalue weighted by molar-refractivity contribution is -0.0348. The van der Waals surface area contributed by atoms with Crippen molar-refractivity contribution in [3.63, 3.8) is 0 Å². The Morgan fingerprint density at radius 3 is 2.87 bits per heavy atom. The smallest absolute Gasteiger partial charge is 0.123 e. The highest BCUT2D eigenvalue weighted by Gasteiger charge is 2.22. The lowest BCUT2D eigenvalue weighted by Crippen LogP contribution is -2.40. The van der Waals surface area contributed by atoms with Gasteiger partial charge in [-0.15, -0.1) is 0 Å². The minimum atomic E-state index is -0.261. The van der Waals surface area contributed by atoms with Gasteiger partial charge >= 0.3 is 0 Å². The molecule has 0 amide bonds. The molecule has 1 fully saturated rings. The SMILES string of the molecule is Nc1cccc([C@H]2CN(CCOc3ccc(F)cc3)CCO2)n1. The summed E-state index contributed by atoms with van der Waals surface area (Å²) in [5.41, 5.74) is 6.58. The van der Waals surface area contributed by atoms with Crippen LogP contribution in [0.25, 0.3) is 0 Å². The first kappa shape index (κ1) is 15.7. The molecule has 1 aromatic carbocycles. The Hall–Kier alpha value is -2.18. The molecule has 0 saturated carbocycles. The van der Waals surface area contributed by atoms with Crippen LogP contribution in [0.1, 0.15) is 11.8 Å². The third-order valence-electron chi connectivity index (χ3n) is 3.76. The number of nitrogens with zero attached hydrogens (tertiary/aromatic N) is 2. The molecule has 5 nitrogen and oxygen atoms in total. The van der Waals surface area contributed by atoms with Crippen LogP contribution in [0.5, 0.6) is 5.75 Å². The largest absolute Gasteiger partial charge is 0.492 e. The fraction of sp³-hybridized carbons (Fsp3) is 0.353. The molecule has 2 aromatic rings. The van der Waals surface area contributed by atoms with Crippen molar-refractivity contribution in [2.45, 2.75) is 6.10 Å². The fourth-order valence-electron chi connectivity index (χ4n) is 2.56. The van der Waals surface area contributed by atoms with Crippen LogP contribution in [0, 0.1) is 5.82 Å². The van der Waals surface area contributed by atoms with E-state index in [9.17, 15) is 4.39 Å². The highest BCUT2D eigenvalue weighted by Crippen LogP contribution is 2.21. The Labute approximate surface area is 134 Å². The van der Waals surface area contributed by atoms with Crippen molar-refractivity contribution in [2.75, 3.05) is 38.6 Å². The van der Waals surface area contributed by atoms with Crippen LogP contribution >= 0.6 is 0 Å². The van der Waals surface area contributed by atoms with Crippen molar-refractivity contribution in [3.05, 3.63) is 54.0 Å². The number of anilines is 1. The van der Waals surface area contributed by atoms with Crippen LogP contribution < -0.4 is 10.5 Å². The number of aromatic nitrogens is 1. The van der Waals surface area contributed by atoms with E-state index < -0.39 is 0 Å². The number of benzene rings is 1. The molecule has 1 aliphatic heterocycles. The molecular weight excluding hydrogens is 297 g/mol. The number of rotatable bonds is 5. The molecule has 2 heterocycles. The zero-order valence-corrected chi connectivity index (χ0v) is 12.8. The third-order valence-corrected chi connectivity index (χ3v) is 3.76. The average Bonchev–Trinajstić information content (AvgIpc) is 2.57. The molecule has 23 heavy (non-hydrogen) atoms. The second-order valence-electron chi connectivity index (χ2n) is 5.45. The van der Waals surface area contributed by atoms with E-state index in [-0.39, 0.29) is 11.9 Å². The zero-order chi connectivity index (χ0) is 16.1. The summed E-state index contributed by atoms with van der Waals surface area (Å²) in [6.45, 7) is 3.58. The molecule has 0 unspecified atom stereocenters. The van der Waals surface area contributed by atoms with Gasteiger partial charge in [0, 0.05) is 19.6 Å². The molecule has 3 rings (SSSR count). The highest BCUT2D eigenvalue weighted by atomic mass is 19.1. The van der Waals surface area contributed by atoms with E-state index in [0.717, 1.165) is 25.3 Å². The monoisotopic (exact) mass is 317 g/mol. The number of halogens is 1. The summed E-state index contributed by atoms with van der Waals surface area (Å²) in [5, 5.41) is 0. The van der Waals surface area contributed by atoms with E-state index in [1.54, 1.807) is 18.2 Å². The van der Waals surface area contributed by atoms with Gasteiger partial charge in [0.25, 0.3) is 0 Å². The molecule has 1 atom stereocenters. The Bertz CT molecular complexity index is 636. The number of hydrogen-bond acceptors (Lipinski definition) is 5. The second kappa shape index (κ2) is 7.39. The lowest BCUT2D eigenvalue weighted by atomic mass is 10.2. The van der Waals surface area contributed by atoms with E-state index >= 15 is 0 Å². The number of hydrogen-bond donors (Lipinski definition) is 1. The van der Waals surface area contributed by atoms with E-state index in [4.69, 9.17) is 15.2 Å². The predicted octanol–water partition coefficient (Wildman–Crippen LogP) is 2.26. The molecule has 1 aromatic heterocycles. The summed E-state index contributed by atoms with van der Waals surface area (Å²) in [5.74, 6) is 0.916. The maximum Gasteiger partial charge on any atom is 0.123 e. The standard InChI is InChI=1S/C17H20FN3O2/c18-13-4-6-14(7-5-13)22-10-8-21-9-11-23-16(12-21)15-2-1-3-17(19)20-15/h1-7,16H,8-12H2,(H2,19,20)/t16-/m1/s1. The second-order valence-corrected chi connectivity index (χ2v) is 5.45. The van der Waals surface area contributed by atoms with Crippen molar-refractivity contribution < 1.29 is 13.9 Å². The van der Waals surface area contributed by atoms with Crippen LogP contribution in [-0.2, 0) is 4.74 Å². The zero-order valence-electron chi connectivity index (χ0n) is 12.8. The summed E-state index contributed by atoms with van der Waals surface area (Å²) >= 11 is 0. The van der Waals surface area contributed by atoms with Gasteiger partial charge in [-0.25, -0.2) is 9.37 Å². The summed E-state index contributed by atoms with van der Waals surface area (Å²) in [6.07, 6.45) is -0.0712. The van der Waals surface area contributed by atoms with Crippen molar-refractivity contribution in [2.24, 2.45) is 0 Å². The average molecular weight is 317 g/mol. The molecule has 0 aliphatic carbocycles. The molecule has 122 valence electrons. The third kappa shape index (κ3) is 4.40. The highest BCUT2D eigenvalue weighted by molar-refractivity contribution is 5.29. The number of morpholine rings is 1. The van der Waals surface area contributed by atoms with Gasteiger partial charge in [0.15, 0.2) is 0 Å². The minimum absolute atomic E-state index is 0.0712. The van der Waals surface area contributed by atoms with E-state index in [1.807, 2.05) is 12.1 Å². The molecule has 1 aliphatic rings. The van der Waals surface area contributed by atoms with Gasteiger partial charge in [0.05, 0.1) is 12.3 Å². The van der Waals surface area contributed by atoms with Crippen LogP contribution in [0.15, 0.2) is 42.5 Å². The molecule has 1 saturated heterocycles. The normalized spacial score (nSPS) is 18.7. The summed E-state index contributed by atoms with van der Waals surface area (Å²) in [6, 6.07) is 11.6. The van der Waals surface area contributed by atoms with Crippen molar-refractivity contribution >= 4 is 5.82 Å². The van der Waals surface area contributed by atoms with Crippen molar-refractivity contribution in [1.82, 2.24) is 9.88 Å². The van der Waals surface area contributed by atoms with Crippen LogP contribution in [0.2, 0.25) is 0 Å². The van der Waals surface area contributed by atoms with Gasteiger partial charge in [0.1, 0.15) is 30.1 Å². The molecule has 2 N–H and O–H groups in total. The van der Waals surface area contributed by atoms with Gasteiger partial charge in [0.2, 0.25) is 0 Å². The van der Waals surface area contributed by atoms with Gasteiger partial charge < -0.3 is 15.2 Å².